The first-order chi connectivity index (χ1) is 11.1. The van der Waals surface area contributed by atoms with E-state index in [1.807, 2.05) is 12.3 Å². The van der Waals surface area contributed by atoms with E-state index in [-0.39, 0.29) is 18.8 Å². The Morgan fingerprint density at radius 3 is 2.52 bits per heavy atom. The molecule has 4 heteroatoms. The van der Waals surface area contributed by atoms with Crippen LogP contribution < -0.4 is 0 Å². The van der Waals surface area contributed by atoms with Crippen LogP contribution in [0.25, 0.3) is 0 Å². The minimum absolute atomic E-state index is 0.136. The van der Waals surface area contributed by atoms with Crippen LogP contribution in [0.1, 0.15) is 26.0 Å². The summed E-state index contributed by atoms with van der Waals surface area (Å²) in [6, 6.07) is 6.17. The Morgan fingerprint density at radius 2 is 1.87 bits per heavy atom. The molecule has 2 aliphatic rings. The van der Waals surface area contributed by atoms with Gasteiger partial charge in [-0.2, -0.15) is 0 Å². The molecule has 1 nitrogen and oxygen atoms in total. The molecule has 0 saturated heterocycles. The van der Waals surface area contributed by atoms with Gasteiger partial charge in [0.1, 0.15) is 0 Å². The third kappa shape index (κ3) is 4.86. The topological polar surface area (TPSA) is 12.9 Å². The number of pyridine rings is 1. The molecule has 120 valence electrons. The summed E-state index contributed by atoms with van der Waals surface area (Å²) in [4.78, 5) is 4.50. The van der Waals surface area contributed by atoms with Gasteiger partial charge in [0.15, 0.2) is 0 Å². The van der Waals surface area contributed by atoms with Gasteiger partial charge in [0.25, 0.3) is 0 Å². The number of rotatable bonds is 4. The zero-order valence-corrected chi connectivity index (χ0v) is 16.1. The van der Waals surface area contributed by atoms with Crippen LogP contribution in [0.4, 0.5) is 0 Å². The number of halogens is 2. The molecule has 0 aliphatic heterocycles. The first-order valence-corrected chi connectivity index (χ1v) is 11.1. The molecule has 1 fully saturated rings. The summed E-state index contributed by atoms with van der Waals surface area (Å²) in [5.41, 5.74) is 1.31. The van der Waals surface area contributed by atoms with Crippen molar-refractivity contribution < 1.29 is 13.4 Å². The fraction of sp³-hybridized carbons (Fsp3) is 0.263. The van der Waals surface area contributed by atoms with Gasteiger partial charge >= 0.3 is 33.5 Å². The molecule has 0 N–H and O–H groups in total. The van der Waals surface area contributed by atoms with E-state index in [1.54, 1.807) is 0 Å². The fourth-order valence-corrected chi connectivity index (χ4v) is 2.99. The second-order valence-electron chi connectivity index (χ2n) is 5.80. The van der Waals surface area contributed by atoms with Gasteiger partial charge in [-0.1, -0.05) is 44.2 Å². The summed E-state index contributed by atoms with van der Waals surface area (Å²) in [7, 11) is 9.65. The van der Waals surface area contributed by atoms with E-state index in [0.29, 0.717) is 0 Å². The Kier molecular flexibility index (Phi) is 7.70. The molecular formula is C19H20Cl2CrN+. The predicted molar refractivity (Wildman–Crippen MR) is 94.7 cm³/mol. The van der Waals surface area contributed by atoms with Gasteiger partial charge in [0.05, 0.1) is 0 Å². The molecule has 0 amide bonds. The SMILES string of the molecule is CCC(C)(Cc1ccccn1)[C]1[CH][CH][C]2C=CC=C[C]21.[Cl][Cr+][Cl]. The van der Waals surface area contributed by atoms with Gasteiger partial charge in [-0.3, -0.25) is 4.98 Å². The van der Waals surface area contributed by atoms with Crippen LogP contribution in [-0.4, -0.2) is 4.98 Å². The summed E-state index contributed by atoms with van der Waals surface area (Å²) in [6.07, 6.45) is 17.2. The maximum absolute atomic E-state index is 4.83. The molecule has 0 aromatic carbocycles. The van der Waals surface area contributed by atoms with Crippen LogP contribution in [0.3, 0.4) is 0 Å². The number of hydrogen-bond donors (Lipinski definition) is 0. The van der Waals surface area contributed by atoms with Crippen molar-refractivity contribution in [2.24, 2.45) is 5.41 Å². The van der Waals surface area contributed by atoms with Crippen LogP contribution in [-0.2, 0) is 19.8 Å². The van der Waals surface area contributed by atoms with Crippen molar-refractivity contribution in [1.29, 1.82) is 0 Å². The molecule has 1 unspecified atom stereocenters. The number of allylic oxidation sites excluding steroid dienone is 4. The molecule has 0 bridgehead atoms. The monoisotopic (exact) mass is 384 g/mol. The van der Waals surface area contributed by atoms with E-state index < -0.39 is 0 Å². The van der Waals surface area contributed by atoms with Crippen molar-refractivity contribution in [1.82, 2.24) is 4.98 Å². The summed E-state index contributed by atoms with van der Waals surface area (Å²) in [5.74, 6) is 4.16. The van der Waals surface area contributed by atoms with E-state index in [4.69, 9.17) is 20.1 Å². The number of aromatic nitrogens is 1. The van der Waals surface area contributed by atoms with E-state index in [2.05, 4.69) is 68.1 Å². The summed E-state index contributed by atoms with van der Waals surface area (Å²) in [5, 5.41) is 0. The fourth-order valence-electron chi connectivity index (χ4n) is 2.99. The zero-order valence-electron chi connectivity index (χ0n) is 13.3. The molecule has 1 saturated carbocycles. The number of fused-ring (bicyclic) bond motifs is 1. The van der Waals surface area contributed by atoms with Crippen LogP contribution in [0, 0.1) is 36.0 Å². The first kappa shape index (κ1) is 19.1. The van der Waals surface area contributed by atoms with Crippen LogP contribution >= 0.6 is 20.1 Å². The zero-order chi connectivity index (χ0) is 16.7. The van der Waals surface area contributed by atoms with Crippen molar-refractivity contribution in [3.8, 4) is 0 Å². The Balaban J connectivity index is 0.000000595. The predicted octanol–water partition coefficient (Wildman–Crippen LogP) is 5.69. The molecule has 3 rings (SSSR count). The van der Waals surface area contributed by atoms with Crippen molar-refractivity contribution in [2.45, 2.75) is 26.7 Å². The summed E-state index contributed by atoms with van der Waals surface area (Å²) in [6.45, 7) is 4.62. The van der Waals surface area contributed by atoms with Crippen molar-refractivity contribution in [2.75, 3.05) is 0 Å². The molecule has 0 spiro atoms. The molecule has 1 aromatic rings. The average molecular weight is 385 g/mol. The molecule has 5 radical (unpaired) electrons. The minimum atomic E-state index is -0.181. The standard InChI is InChI=1S/C19H20N.2ClH.Cr/c1-3-19(2,14-16-9-6-7-13-20-16)18-12-11-15-8-4-5-10-17(15)18;;;/h4-13H,3,14H2,1-2H3;2*1H;/q;;;+3/p-2. The molecule has 1 atom stereocenters. The normalized spacial score (nSPS) is 20.5. The molecule has 2 aliphatic carbocycles. The second kappa shape index (κ2) is 9.28. The van der Waals surface area contributed by atoms with E-state index in [9.17, 15) is 0 Å². The van der Waals surface area contributed by atoms with Gasteiger partial charge in [0, 0.05) is 23.7 Å². The summed E-state index contributed by atoms with van der Waals surface area (Å²) >= 11 is -0.181. The maximum atomic E-state index is 4.83. The van der Waals surface area contributed by atoms with Gasteiger partial charge in [0.2, 0.25) is 0 Å². The Hall–Kier alpha value is -0.258. The Morgan fingerprint density at radius 1 is 1.13 bits per heavy atom. The number of nitrogens with zero attached hydrogens (tertiary/aromatic N) is 1. The van der Waals surface area contributed by atoms with E-state index in [1.165, 1.54) is 23.4 Å². The van der Waals surface area contributed by atoms with Gasteiger partial charge in [-0.25, -0.2) is 0 Å². The third-order valence-electron chi connectivity index (χ3n) is 4.41. The molecular weight excluding hydrogens is 365 g/mol. The first-order valence-electron chi connectivity index (χ1n) is 7.58. The molecule has 1 heterocycles. The second-order valence-corrected chi connectivity index (χ2v) is 7.91. The van der Waals surface area contributed by atoms with Gasteiger partial charge in [-0.15, -0.1) is 0 Å². The van der Waals surface area contributed by atoms with Crippen molar-refractivity contribution >= 4 is 20.1 Å². The van der Waals surface area contributed by atoms with Gasteiger partial charge in [-0.05, 0) is 49.1 Å². The summed E-state index contributed by atoms with van der Waals surface area (Å²) < 4.78 is 0. The van der Waals surface area contributed by atoms with Gasteiger partial charge < -0.3 is 0 Å². The average Bonchev–Trinajstić information content (AvgIpc) is 3.01. The van der Waals surface area contributed by atoms with Crippen LogP contribution in [0.5, 0.6) is 0 Å². The Bertz CT molecular complexity index is 531. The van der Waals surface area contributed by atoms with Crippen LogP contribution in [0.15, 0.2) is 48.7 Å². The third-order valence-corrected chi connectivity index (χ3v) is 4.41. The number of hydrogen-bond acceptors (Lipinski definition) is 1. The Labute approximate surface area is 155 Å². The van der Waals surface area contributed by atoms with Crippen molar-refractivity contribution in [3.63, 3.8) is 0 Å². The van der Waals surface area contributed by atoms with E-state index >= 15 is 0 Å². The molecule has 23 heavy (non-hydrogen) atoms. The van der Waals surface area contributed by atoms with E-state index in [0.717, 1.165) is 12.8 Å². The van der Waals surface area contributed by atoms with Crippen LogP contribution in [0.2, 0.25) is 0 Å². The molecule has 1 aromatic heterocycles. The quantitative estimate of drug-likeness (QED) is 0.649. The van der Waals surface area contributed by atoms with Crippen molar-refractivity contribution in [3.05, 3.63) is 85.0 Å².